The van der Waals surface area contributed by atoms with E-state index < -0.39 is 5.56 Å². The number of para-hydroxylation sites is 1. The lowest BCUT2D eigenvalue weighted by atomic mass is 10.0. The van der Waals surface area contributed by atoms with Crippen LogP contribution in [0.4, 0.5) is 11.6 Å². The van der Waals surface area contributed by atoms with Crippen molar-refractivity contribution in [1.29, 1.82) is 0 Å². The van der Waals surface area contributed by atoms with Gasteiger partial charge in [-0.25, -0.2) is 15.4 Å². The molecule has 3 heterocycles. The van der Waals surface area contributed by atoms with E-state index in [1.807, 2.05) is 48.5 Å². The van der Waals surface area contributed by atoms with Crippen molar-refractivity contribution >= 4 is 73.6 Å². The van der Waals surface area contributed by atoms with Gasteiger partial charge in [-0.15, -0.1) is 11.3 Å². The fourth-order valence-corrected chi connectivity index (χ4v) is 5.37. The molecule has 0 aliphatic carbocycles. The molecule has 6 aromatic rings. The van der Waals surface area contributed by atoms with Crippen molar-refractivity contribution in [3.05, 3.63) is 98.8 Å². The number of anilines is 2. The van der Waals surface area contributed by atoms with Crippen LogP contribution in [-0.4, -0.2) is 26.2 Å². The van der Waals surface area contributed by atoms with Gasteiger partial charge in [-0.1, -0.05) is 59.6 Å². The summed E-state index contributed by atoms with van der Waals surface area (Å²) in [7, 11) is 0. The maximum Gasteiger partial charge on any atom is 0.263 e. The van der Waals surface area contributed by atoms with Crippen LogP contribution in [0.5, 0.6) is 0 Å². The van der Waals surface area contributed by atoms with E-state index in [1.165, 1.54) is 11.3 Å². The second-order valence-corrected chi connectivity index (χ2v) is 10.2. The number of hydrogen-bond donors (Lipinski definition) is 3. The number of hydrazone groups is 1. The molecule has 38 heavy (non-hydrogen) atoms. The lowest BCUT2D eigenvalue weighted by Gasteiger charge is -2.13. The number of rotatable bonds is 5. The van der Waals surface area contributed by atoms with Crippen LogP contribution in [0.1, 0.15) is 5.56 Å². The van der Waals surface area contributed by atoms with Crippen molar-refractivity contribution < 1.29 is 0 Å². The van der Waals surface area contributed by atoms with Crippen LogP contribution < -0.4 is 16.7 Å². The number of H-pyrrole nitrogens is 1. The summed E-state index contributed by atoms with van der Waals surface area (Å²) < 4.78 is 0.994. The molecule has 0 radical (unpaired) electrons. The van der Waals surface area contributed by atoms with Gasteiger partial charge >= 0.3 is 0 Å². The molecule has 3 aromatic heterocycles. The SMILES string of the molecule is Nc1c(-c2nc3ccccc3s2)c(-c2ccc(Cl)cc2)nc2nc(N/N=C/c3cccc(Cl)c3)[nH]c(=O)c12. The molecule has 0 fully saturated rings. The molecule has 0 bridgehead atoms. The number of nitrogens with two attached hydrogens (primary N) is 1. The summed E-state index contributed by atoms with van der Waals surface area (Å²) in [5.74, 6) is 0.113. The second kappa shape index (κ2) is 9.86. The molecule has 0 saturated heterocycles. The first-order valence-corrected chi connectivity index (χ1v) is 12.9. The first kappa shape index (κ1) is 24.1. The van der Waals surface area contributed by atoms with Crippen LogP contribution in [0.15, 0.2) is 82.7 Å². The molecule has 0 atom stereocenters. The summed E-state index contributed by atoms with van der Waals surface area (Å²) in [6.07, 6.45) is 1.56. The maximum absolute atomic E-state index is 13.2. The minimum Gasteiger partial charge on any atom is -0.397 e. The Morgan fingerprint density at radius 1 is 0.947 bits per heavy atom. The predicted molar refractivity (Wildman–Crippen MR) is 156 cm³/mol. The topological polar surface area (TPSA) is 122 Å². The third kappa shape index (κ3) is 4.58. The molecule has 11 heteroatoms. The lowest BCUT2D eigenvalue weighted by molar-refractivity contribution is 1.11. The highest BCUT2D eigenvalue weighted by Gasteiger charge is 2.22. The average Bonchev–Trinajstić information content (AvgIpc) is 3.32. The first-order valence-electron chi connectivity index (χ1n) is 11.4. The highest BCUT2D eigenvalue weighted by Crippen LogP contribution is 2.41. The van der Waals surface area contributed by atoms with Gasteiger partial charge in [-0.2, -0.15) is 10.1 Å². The molecule has 4 N–H and O–H groups in total. The minimum absolute atomic E-state index is 0.113. The monoisotopic (exact) mass is 557 g/mol. The first-order chi connectivity index (χ1) is 18.5. The zero-order valence-corrected chi connectivity index (χ0v) is 21.8. The number of aromatic amines is 1. The van der Waals surface area contributed by atoms with Crippen LogP contribution in [0, 0.1) is 0 Å². The van der Waals surface area contributed by atoms with Gasteiger partial charge in [0, 0.05) is 15.6 Å². The summed E-state index contributed by atoms with van der Waals surface area (Å²) in [5, 5.41) is 6.14. The van der Waals surface area contributed by atoms with Gasteiger partial charge in [0.1, 0.15) is 10.4 Å². The molecule has 3 aromatic carbocycles. The number of thiazole rings is 1. The normalized spacial score (nSPS) is 11.5. The van der Waals surface area contributed by atoms with E-state index in [1.54, 1.807) is 30.5 Å². The molecule has 0 aliphatic heterocycles. The van der Waals surface area contributed by atoms with E-state index in [0.717, 1.165) is 21.3 Å². The smallest absolute Gasteiger partial charge is 0.263 e. The summed E-state index contributed by atoms with van der Waals surface area (Å²) in [5.41, 5.74) is 12.8. The van der Waals surface area contributed by atoms with Crippen molar-refractivity contribution in [2.45, 2.75) is 0 Å². The largest absolute Gasteiger partial charge is 0.397 e. The Morgan fingerprint density at radius 2 is 1.76 bits per heavy atom. The zero-order chi connectivity index (χ0) is 26.2. The molecule has 0 spiro atoms. The number of aromatic nitrogens is 4. The highest BCUT2D eigenvalue weighted by molar-refractivity contribution is 7.21. The minimum atomic E-state index is -0.453. The maximum atomic E-state index is 13.2. The second-order valence-electron chi connectivity index (χ2n) is 8.28. The Balaban J connectivity index is 1.51. The molecule has 0 aliphatic rings. The fraction of sp³-hybridized carbons (Fsp3) is 0. The van der Waals surface area contributed by atoms with E-state index in [-0.39, 0.29) is 22.7 Å². The molecule has 0 unspecified atom stereocenters. The van der Waals surface area contributed by atoms with E-state index in [0.29, 0.717) is 26.3 Å². The molecule has 0 saturated carbocycles. The quantitative estimate of drug-likeness (QED) is 0.162. The Bertz CT molecular complexity index is 1880. The fourth-order valence-electron chi connectivity index (χ4n) is 4.02. The summed E-state index contributed by atoms with van der Waals surface area (Å²) >= 11 is 13.6. The standard InChI is InChI=1S/C27H17Cl2N7OS/c28-16-10-8-15(9-11-16)23-20(26-32-18-6-1-2-7-19(18)38-26)22(30)21-24(33-23)34-27(35-25(21)37)36-31-13-14-4-3-5-17(29)12-14/h1-13H,(H4,30,33,34,35,36,37)/b31-13+. The number of nitrogen functional groups attached to an aromatic ring is 1. The summed E-state index contributed by atoms with van der Waals surface area (Å²) in [4.78, 5) is 29.9. The van der Waals surface area contributed by atoms with Crippen LogP contribution in [0.2, 0.25) is 10.0 Å². The van der Waals surface area contributed by atoms with Crippen molar-refractivity contribution in [2.24, 2.45) is 5.10 Å². The number of hydrogen-bond acceptors (Lipinski definition) is 8. The number of nitrogens with one attached hydrogen (secondary N) is 2. The number of halogens is 2. The molecule has 8 nitrogen and oxygen atoms in total. The van der Waals surface area contributed by atoms with Gasteiger partial charge in [0.15, 0.2) is 5.65 Å². The van der Waals surface area contributed by atoms with Crippen molar-refractivity contribution in [3.8, 4) is 21.8 Å². The van der Waals surface area contributed by atoms with Crippen LogP contribution in [0.3, 0.4) is 0 Å². The summed E-state index contributed by atoms with van der Waals surface area (Å²) in [6, 6.07) is 22.2. The van der Waals surface area contributed by atoms with E-state index in [2.05, 4.69) is 20.5 Å². The molecule has 186 valence electrons. The Morgan fingerprint density at radius 3 is 2.55 bits per heavy atom. The number of benzene rings is 3. The van der Waals surface area contributed by atoms with Crippen LogP contribution in [-0.2, 0) is 0 Å². The zero-order valence-electron chi connectivity index (χ0n) is 19.4. The number of fused-ring (bicyclic) bond motifs is 2. The molecular weight excluding hydrogens is 541 g/mol. The van der Waals surface area contributed by atoms with Gasteiger partial charge in [0.05, 0.1) is 33.4 Å². The Kier molecular flexibility index (Phi) is 6.24. The van der Waals surface area contributed by atoms with Crippen LogP contribution >= 0.6 is 34.5 Å². The highest BCUT2D eigenvalue weighted by atomic mass is 35.5. The summed E-state index contributed by atoms with van der Waals surface area (Å²) in [6.45, 7) is 0. The Hall–Kier alpha value is -4.31. The van der Waals surface area contributed by atoms with Gasteiger partial charge in [-0.05, 0) is 42.0 Å². The van der Waals surface area contributed by atoms with Gasteiger partial charge in [0.25, 0.3) is 5.56 Å². The molecular formula is C27H17Cl2N7OS. The van der Waals surface area contributed by atoms with Crippen LogP contribution in [0.25, 0.3) is 43.1 Å². The lowest BCUT2D eigenvalue weighted by Crippen LogP contribution is -2.15. The number of pyridine rings is 1. The molecule has 0 amide bonds. The van der Waals surface area contributed by atoms with E-state index >= 15 is 0 Å². The van der Waals surface area contributed by atoms with Crippen molar-refractivity contribution in [2.75, 3.05) is 11.2 Å². The number of nitrogens with zero attached hydrogens (tertiary/aromatic N) is 4. The predicted octanol–water partition coefficient (Wildman–Crippen LogP) is 6.60. The van der Waals surface area contributed by atoms with Gasteiger partial charge < -0.3 is 5.73 Å². The van der Waals surface area contributed by atoms with E-state index in [9.17, 15) is 4.79 Å². The van der Waals surface area contributed by atoms with Crippen molar-refractivity contribution in [3.63, 3.8) is 0 Å². The Labute approximate surface area is 229 Å². The van der Waals surface area contributed by atoms with E-state index in [4.69, 9.17) is 38.9 Å². The third-order valence-electron chi connectivity index (χ3n) is 5.75. The molecule has 6 rings (SSSR count). The van der Waals surface area contributed by atoms with Gasteiger partial charge in [0.2, 0.25) is 5.95 Å². The average molecular weight is 558 g/mol. The third-order valence-corrected chi connectivity index (χ3v) is 7.29. The van der Waals surface area contributed by atoms with Gasteiger partial charge in [-0.3, -0.25) is 9.78 Å². The van der Waals surface area contributed by atoms with Crippen molar-refractivity contribution in [1.82, 2.24) is 19.9 Å².